The Morgan fingerprint density at radius 1 is 1.03 bits per heavy atom. The summed E-state index contributed by atoms with van der Waals surface area (Å²) < 4.78 is 7.63. The maximum Gasteiger partial charge on any atom is 0.271 e. The van der Waals surface area contributed by atoms with Gasteiger partial charge in [-0.15, -0.1) is 0 Å². The van der Waals surface area contributed by atoms with Crippen molar-refractivity contribution in [2.24, 2.45) is 5.10 Å². The van der Waals surface area contributed by atoms with Crippen molar-refractivity contribution < 1.29 is 19.7 Å². The smallest absolute Gasteiger partial charge is 0.271 e. The molecule has 3 aromatic carbocycles. The molecule has 0 spiro atoms. The molecule has 0 aliphatic carbocycles. The van der Waals surface area contributed by atoms with Crippen LogP contribution >= 0.6 is 31.9 Å². The van der Waals surface area contributed by atoms with Crippen molar-refractivity contribution in [3.05, 3.63) is 85.8 Å². The molecule has 0 aliphatic heterocycles. The highest BCUT2D eigenvalue weighted by Crippen LogP contribution is 2.35. The molecule has 6 nitrogen and oxygen atoms in total. The Balaban J connectivity index is 1.62. The predicted molar refractivity (Wildman–Crippen MR) is 127 cm³/mol. The zero-order chi connectivity index (χ0) is 22.5. The lowest BCUT2D eigenvalue weighted by Gasteiger charge is -2.11. The third-order valence-corrected chi connectivity index (χ3v) is 5.62. The van der Waals surface area contributed by atoms with Crippen LogP contribution in [0.2, 0.25) is 0 Å². The normalized spacial score (nSPS) is 11.3. The molecule has 0 bridgehead atoms. The van der Waals surface area contributed by atoms with Gasteiger partial charge >= 0.3 is 0 Å². The fraction of sp³-hybridized carbons (Fsp3) is 0.130. The lowest BCUT2D eigenvalue weighted by molar-refractivity contribution is 0.0954. The van der Waals surface area contributed by atoms with Gasteiger partial charge in [0.05, 0.1) is 14.7 Å². The molecular formula is C23H20Br2N2O4. The highest BCUT2D eigenvalue weighted by Gasteiger charge is 2.10. The summed E-state index contributed by atoms with van der Waals surface area (Å²) in [4.78, 5) is 12.4. The largest absolute Gasteiger partial charge is 0.508 e. The van der Waals surface area contributed by atoms with Gasteiger partial charge in [0.15, 0.2) is 0 Å². The number of phenolic OH excluding ortho intramolecular Hbond substituents is 2. The van der Waals surface area contributed by atoms with Crippen molar-refractivity contribution in [1.29, 1.82) is 0 Å². The fourth-order valence-corrected chi connectivity index (χ4v) is 4.46. The second-order valence-electron chi connectivity index (χ2n) is 6.88. The van der Waals surface area contributed by atoms with E-state index in [1.54, 1.807) is 19.1 Å². The summed E-state index contributed by atoms with van der Waals surface area (Å²) in [6, 6.07) is 15.1. The Hall–Kier alpha value is -2.84. The quantitative estimate of drug-likeness (QED) is 0.274. The summed E-state index contributed by atoms with van der Waals surface area (Å²) in [5.41, 5.74) is 5.75. The first kappa shape index (κ1) is 22.8. The van der Waals surface area contributed by atoms with E-state index in [1.807, 2.05) is 31.2 Å². The van der Waals surface area contributed by atoms with Gasteiger partial charge in [0.25, 0.3) is 5.91 Å². The van der Waals surface area contributed by atoms with E-state index in [4.69, 9.17) is 4.74 Å². The molecule has 31 heavy (non-hydrogen) atoms. The van der Waals surface area contributed by atoms with Gasteiger partial charge in [-0.05, 0) is 93.2 Å². The number of nitrogens with one attached hydrogen (secondary N) is 1. The molecule has 0 unspecified atom stereocenters. The first-order valence-electron chi connectivity index (χ1n) is 9.29. The summed E-state index contributed by atoms with van der Waals surface area (Å²) in [5.74, 6) is 0.166. The van der Waals surface area contributed by atoms with Crippen LogP contribution in [0.25, 0.3) is 0 Å². The van der Waals surface area contributed by atoms with E-state index in [0.717, 1.165) is 25.8 Å². The van der Waals surface area contributed by atoms with Crippen molar-refractivity contribution in [3.63, 3.8) is 0 Å². The van der Waals surface area contributed by atoms with Gasteiger partial charge < -0.3 is 14.9 Å². The van der Waals surface area contributed by atoms with E-state index < -0.39 is 0 Å². The summed E-state index contributed by atoms with van der Waals surface area (Å²) in [6.45, 7) is 4.00. The third kappa shape index (κ3) is 5.86. The summed E-state index contributed by atoms with van der Waals surface area (Å²) >= 11 is 7.01. The third-order valence-electron chi connectivity index (χ3n) is 4.44. The number of amides is 1. The molecule has 3 N–H and O–H groups in total. The van der Waals surface area contributed by atoms with Gasteiger partial charge in [0.1, 0.15) is 23.9 Å². The van der Waals surface area contributed by atoms with Gasteiger partial charge in [-0.2, -0.15) is 5.10 Å². The fourth-order valence-electron chi connectivity index (χ4n) is 2.82. The number of ether oxygens (including phenoxy) is 1. The molecule has 0 saturated carbocycles. The van der Waals surface area contributed by atoms with Crippen LogP contribution in [-0.4, -0.2) is 21.8 Å². The van der Waals surface area contributed by atoms with Gasteiger partial charge in [0, 0.05) is 17.2 Å². The van der Waals surface area contributed by atoms with Gasteiger partial charge in [-0.3, -0.25) is 4.79 Å². The molecule has 3 rings (SSSR count). The number of aryl methyl sites for hydroxylation is 1. The van der Waals surface area contributed by atoms with Crippen LogP contribution < -0.4 is 10.2 Å². The highest BCUT2D eigenvalue weighted by molar-refractivity contribution is 9.11. The van der Waals surface area contributed by atoms with Crippen molar-refractivity contribution in [3.8, 4) is 17.2 Å². The standard InChI is InChI=1S/C23H20Br2N2O4/c1-13-9-19(24)22(20(25)10-13)31-12-15-3-5-16(6-4-15)23(30)27-26-14(2)18-8-7-17(28)11-21(18)29/h3-11,28-29H,12H2,1-2H3,(H,27,30). The number of rotatable bonds is 6. The molecule has 0 saturated heterocycles. The van der Waals surface area contributed by atoms with E-state index in [2.05, 4.69) is 42.4 Å². The SMILES string of the molecule is CC(=NNC(=O)c1ccc(COc2c(Br)cc(C)cc2Br)cc1)c1ccc(O)cc1O. The highest BCUT2D eigenvalue weighted by atomic mass is 79.9. The lowest BCUT2D eigenvalue weighted by Crippen LogP contribution is -2.19. The number of nitrogens with zero attached hydrogens (tertiary/aromatic N) is 1. The number of carbonyl (C=O) groups excluding carboxylic acids is 1. The van der Waals surface area contributed by atoms with Crippen LogP contribution in [0.5, 0.6) is 17.2 Å². The summed E-state index contributed by atoms with van der Waals surface area (Å²) in [5, 5.41) is 23.3. The second kappa shape index (κ2) is 9.98. The number of phenols is 2. The van der Waals surface area contributed by atoms with Crippen LogP contribution in [0.3, 0.4) is 0 Å². The number of benzene rings is 3. The van der Waals surface area contributed by atoms with E-state index >= 15 is 0 Å². The molecule has 0 fully saturated rings. The first-order valence-corrected chi connectivity index (χ1v) is 10.9. The Labute approximate surface area is 196 Å². The maximum atomic E-state index is 12.4. The van der Waals surface area contributed by atoms with Gasteiger partial charge in [-0.1, -0.05) is 12.1 Å². The van der Waals surface area contributed by atoms with E-state index in [-0.39, 0.29) is 17.4 Å². The molecule has 0 aliphatic rings. The van der Waals surface area contributed by atoms with Crippen molar-refractivity contribution in [2.75, 3.05) is 0 Å². The summed E-state index contributed by atoms with van der Waals surface area (Å²) in [6.07, 6.45) is 0. The van der Waals surface area contributed by atoms with E-state index in [0.29, 0.717) is 23.4 Å². The minimum absolute atomic E-state index is 0.0516. The number of hydrazone groups is 1. The molecule has 160 valence electrons. The zero-order valence-electron chi connectivity index (χ0n) is 16.8. The Morgan fingerprint density at radius 2 is 1.68 bits per heavy atom. The minimum Gasteiger partial charge on any atom is -0.508 e. The van der Waals surface area contributed by atoms with Gasteiger partial charge in [-0.25, -0.2) is 5.43 Å². The molecule has 3 aromatic rings. The second-order valence-corrected chi connectivity index (χ2v) is 8.59. The molecule has 0 aromatic heterocycles. The predicted octanol–water partition coefficient (Wildman–Crippen LogP) is 5.66. The van der Waals surface area contributed by atoms with Crippen molar-refractivity contribution in [2.45, 2.75) is 20.5 Å². The average molecular weight is 548 g/mol. The van der Waals surface area contributed by atoms with E-state index in [9.17, 15) is 15.0 Å². The average Bonchev–Trinajstić information content (AvgIpc) is 2.71. The Morgan fingerprint density at radius 3 is 2.29 bits per heavy atom. The van der Waals surface area contributed by atoms with Crippen LogP contribution in [0.15, 0.2) is 68.6 Å². The molecule has 0 atom stereocenters. The monoisotopic (exact) mass is 546 g/mol. The van der Waals surface area contributed by atoms with E-state index in [1.165, 1.54) is 18.2 Å². The number of carbonyl (C=O) groups is 1. The molecule has 0 radical (unpaired) electrons. The first-order chi connectivity index (χ1) is 14.7. The van der Waals surface area contributed by atoms with Gasteiger partial charge in [0.2, 0.25) is 0 Å². The molecular weight excluding hydrogens is 528 g/mol. The van der Waals surface area contributed by atoms with Crippen LogP contribution in [-0.2, 0) is 6.61 Å². The topological polar surface area (TPSA) is 91.2 Å². The lowest BCUT2D eigenvalue weighted by atomic mass is 10.1. The Kier molecular flexibility index (Phi) is 7.35. The molecule has 0 heterocycles. The zero-order valence-corrected chi connectivity index (χ0v) is 20.0. The number of aromatic hydroxyl groups is 2. The van der Waals surface area contributed by atoms with Crippen molar-refractivity contribution >= 4 is 43.5 Å². The van der Waals surface area contributed by atoms with Crippen LogP contribution in [0, 0.1) is 6.92 Å². The molecule has 8 heteroatoms. The maximum absolute atomic E-state index is 12.4. The minimum atomic E-state index is -0.380. The number of halogens is 2. The number of hydrogen-bond donors (Lipinski definition) is 3. The summed E-state index contributed by atoms with van der Waals surface area (Å²) in [7, 11) is 0. The van der Waals surface area contributed by atoms with Crippen LogP contribution in [0.1, 0.15) is 34.0 Å². The van der Waals surface area contributed by atoms with Crippen molar-refractivity contribution in [1.82, 2.24) is 5.43 Å². The Bertz CT molecular complexity index is 1120. The van der Waals surface area contributed by atoms with Crippen LogP contribution in [0.4, 0.5) is 0 Å². The number of hydrogen-bond acceptors (Lipinski definition) is 5. The molecule has 1 amide bonds.